The number of rotatable bonds is 3. The van der Waals surface area contributed by atoms with E-state index in [4.69, 9.17) is 5.11 Å². The van der Waals surface area contributed by atoms with Crippen LogP contribution in [-0.4, -0.2) is 18.5 Å². The molecule has 0 unspecified atom stereocenters. The molecule has 0 fully saturated rings. The van der Waals surface area contributed by atoms with Crippen molar-refractivity contribution in [2.75, 3.05) is 4.72 Å². The average molecular weight is 268 g/mol. The molecule has 1 aromatic carbocycles. The zero-order chi connectivity index (χ0) is 13.2. The van der Waals surface area contributed by atoms with Crippen LogP contribution < -0.4 is 4.72 Å². The molecule has 0 saturated heterocycles. The fourth-order valence-electron chi connectivity index (χ4n) is 1.26. The summed E-state index contributed by atoms with van der Waals surface area (Å²) in [5.41, 5.74) is 0. The standard InChI is InChI=1S/C11H9FN2O3S/c12-8-1-6-11(13-7-8)14-18(16,17)10-4-2-9(15)3-5-10/h1-7,15H,(H,13,14). The number of hydrogen-bond donors (Lipinski definition) is 2. The molecule has 0 aliphatic carbocycles. The Morgan fingerprint density at radius 1 is 1.11 bits per heavy atom. The maximum Gasteiger partial charge on any atom is 0.263 e. The molecule has 5 nitrogen and oxygen atoms in total. The van der Waals surface area contributed by atoms with Crippen molar-refractivity contribution in [3.8, 4) is 5.75 Å². The van der Waals surface area contributed by atoms with Crippen molar-refractivity contribution in [1.29, 1.82) is 0 Å². The molecule has 0 radical (unpaired) electrons. The van der Waals surface area contributed by atoms with Gasteiger partial charge in [0.15, 0.2) is 0 Å². The number of phenols is 1. The van der Waals surface area contributed by atoms with Crippen LogP contribution in [0.15, 0.2) is 47.5 Å². The number of phenolic OH excluding ortho intramolecular Hbond substituents is 1. The van der Waals surface area contributed by atoms with Gasteiger partial charge in [0, 0.05) is 0 Å². The van der Waals surface area contributed by atoms with Crippen molar-refractivity contribution in [1.82, 2.24) is 4.98 Å². The second-order valence-electron chi connectivity index (χ2n) is 3.46. The van der Waals surface area contributed by atoms with Gasteiger partial charge in [-0.05, 0) is 36.4 Å². The summed E-state index contributed by atoms with van der Waals surface area (Å²) in [6.45, 7) is 0. The normalized spacial score (nSPS) is 11.2. The van der Waals surface area contributed by atoms with Crippen molar-refractivity contribution in [3.05, 3.63) is 48.4 Å². The largest absolute Gasteiger partial charge is 0.508 e. The molecule has 0 spiro atoms. The van der Waals surface area contributed by atoms with Gasteiger partial charge < -0.3 is 5.11 Å². The molecule has 7 heteroatoms. The van der Waals surface area contributed by atoms with E-state index in [1.54, 1.807) is 0 Å². The third-order valence-corrected chi connectivity index (χ3v) is 3.48. The van der Waals surface area contributed by atoms with Gasteiger partial charge in [-0.3, -0.25) is 4.72 Å². The first-order valence-corrected chi connectivity index (χ1v) is 6.39. The molecule has 0 aliphatic rings. The Balaban J connectivity index is 2.27. The monoisotopic (exact) mass is 268 g/mol. The number of aromatic hydroxyl groups is 1. The molecule has 94 valence electrons. The minimum atomic E-state index is -3.79. The maximum atomic E-state index is 12.6. The molecule has 0 saturated carbocycles. The van der Waals surface area contributed by atoms with Crippen molar-refractivity contribution >= 4 is 15.8 Å². The second kappa shape index (κ2) is 4.61. The lowest BCUT2D eigenvalue weighted by Gasteiger charge is -2.06. The summed E-state index contributed by atoms with van der Waals surface area (Å²) in [6.07, 6.45) is 0.911. The average Bonchev–Trinajstić information content (AvgIpc) is 2.32. The van der Waals surface area contributed by atoms with E-state index in [2.05, 4.69) is 9.71 Å². The van der Waals surface area contributed by atoms with Crippen LogP contribution >= 0.6 is 0 Å². The van der Waals surface area contributed by atoms with Crippen LogP contribution in [0.4, 0.5) is 10.2 Å². The molecule has 0 aliphatic heterocycles. The summed E-state index contributed by atoms with van der Waals surface area (Å²) in [7, 11) is -3.79. The number of benzene rings is 1. The predicted octanol–water partition coefficient (Wildman–Crippen LogP) is 1.73. The van der Waals surface area contributed by atoms with Crippen LogP contribution in [0.1, 0.15) is 0 Å². The van der Waals surface area contributed by atoms with E-state index in [9.17, 15) is 12.8 Å². The molecule has 2 N–H and O–H groups in total. The summed E-state index contributed by atoms with van der Waals surface area (Å²) < 4.78 is 38.6. The van der Waals surface area contributed by atoms with Gasteiger partial charge in [0.2, 0.25) is 0 Å². The van der Waals surface area contributed by atoms with Gasteiger partial charge in [-0.15, -0.1) is 0 Å². The maximum absolute atomic E-state index is 12.6. The van der Waals surface area contributed by atoms with Crippen molar-refractivity contribution < 1.29 is 17.9 Å². The molecule has 0 bridgehead atoms. The third-order valence-electron chi connectivity index (χ3n) is 2.11. The molecular formula is C11H9FN2O3S. The van der Waals surface area contributed by atoms with Crippen LogP contribution in [0.5, 0.6) is 5.75 Å². The van der Waals surface area contributed by atoms with Gasteiger partial charge in [-0.1, -0.05) is 0 Å². The van der Waals surface area contributed by atoms with Crippen LogP contribution in [0.2, 0.25) is 0 Å². The molecule has 1 aromatic heterocycles. The van der Waals surface area contributed by atoms with Gasteiger partial charge >= 0.3 is 0 Å². The highest BCUT2D eigenvalue weighted by atomic mass is 32.2. The number of aromatic nitrogens is 1. The third kappa shape index (κ3) is 2.75. The fraction of sp³-hybridized carbons (Fsp3) is 0. The minimum Gasteiger partial charge on any atom is -0.508 e. The summed E-state index contributed by atoms with van der Waals surface area (Å²) >= 11 is 0. The van der Waals surface area contributed by atoms with Crippen molar-refractivity contribution in [3.63, 3.8) is 0 Å². The summed E-state index contributed by atoms with van der Waals surface area (Å²) in [4.78, 5) is 3.57. The molecule has 18 heavy (non-hydrogen) atoms. The van der Waals surface area contributed by atoms with Gasteiger partial charge in [0.1, 0.15) is 17.4 Å². The summed E-state index contributed by atoms with van der Waals surface area (Å²) in [5.74, 6) is -0.569. The summed E-state index contributed by atoms with van der Waals surface area (Å²) in [5, 5.41) is 9.07. The highest BCUT2D eigenvalue weighted by molar-refractivity contribution is 7.92. The Morgan fingerprint density at radius 3 is 2.33 bits per heavy atom. The molecule has 2 aromatic rings. The van der Waals surface area contributed by atoms with Crippen LogP contribution in [0.25, 0.3) is 0 Å². The van der Waals surface area contributed by atoms with E-state index in [-0.39, 0.29) is 16.5 Å². The lowest BCUT2D eigenvalue weighted by atomic mass is 10.3. The number of nitrogens with zero attached hydrogens (tertiary/aromatic N) is 1. The SMILES string of the molecule is O=S(=O)(Nc1ccc(F)cn1)c1ccc(O)cc1. The number of pyridine rings is 1. The first-order valence-electron chi connectivity index (χ1n) is 4.91. The molecule has 0 amide bonds. The molecule has 0 atom stereocenters. The molecule has 1 heterocycles. The van der Waals surface area contributed by atoms with Gasteiger partial charge in [-0.25, -0.2) is 17.8 Å². The zero-order valence-electron chi connectivity index (χ0n) is 9.04. The van der Waals surface area contributed by atoms with E-state index < -0.39 is 15.8 Å². The van der Waals surface area contributed by atoms with Crippen LogP contribution in [0.3, 0.4) is 0 Å². The van der Waals surface area contributed by atoms with Crippen molar-refractivity contribution in [2.24, 2.45) is 0 Å². The number of hydrogen-bond acceptors (Lipinski definition) is 4. The smallest absolute Gasteiger partial charge is 0.263 e. The topological polar surface area (TPSA) is 79.3 Å². The second-order valence-corrected chi connectivity index (χ2v) is 5.14. The van der Waals surface area contributed by atoms with Gasteiger partial charge in [-0.2, -0.15) is 0 Å². The summed E-state index contributed by atoms with van der Waals surface area (Å²) in [6, 6.07) is 7.33. The Hall–Kier alpha value is -2.15. The number of halogens is 1. The van der Waals surface area contributed by atoms with E-state index in [0.29, 0.717) is 0 Å². The lowest BCUT2D eigenvalue weighted by molar-refractivity contribution is 0.475. The van der Waals surface area contributed by atoms with Crippen molar-refractivity contribution in [2.45, 2.75) is 4.90 Å². The molecule has 2 rings (SSSR count). The van der Waals surface area contributed by atoms with Gasteiger partial charge in [0.05, 0.1) is 11.1 Å². The van der Waals surface area contributed by atoms with Crippen LogP contribution in [-0.2, 0) is 10.0 Å². The highest BCUT2D eigenvalue weighted by Crippen LogP contribution is 2.17. The number of sulfonamides is 1. The Labute approximate surface area is 103 Å². The van der Waals surface area contributed by atoms with Crippen LogP contribution in [0, 0.1) is 5.82 Å². The highest BCUT2D eigenvalue weighted by Gasteiger charge is 2.14. The Morgan fingerprint density at radius 2 is 1.78 bits per heavy atom. The lowest BCUT2D eigenvalue weighted by Crippen LogP contribution is -2.13. The first-order chi connectivity index (χ1) is 8.47. The van der Waals surface area contributed by atoms with Gasteiger partial charge in [0.25, 0.3) is 10.0 Å². The Bertz CT molecular complexity index is 639. The zero-order valence-corrected chi connectivity index (χ0v) is 9.86. The fourth-order valence-corrected chi connectivity index (χ4v) is 2.27. The Kier molecular flexibility index (Phi) is 3.15. The van der Waals surface area contributed by atoms with E-state index in [1.165, 1.54) is 30.3 Å². The number of anilines is 1. The van der Waals surface area contributed by atoms with E-state index >= 15 is 0 Å². The quantitative estimate of drug-likeness (QED) is 0.888. The number of nitrogens with one attached hydrogen (secondary N) is 1. The molecular weight excluding hydrogens is 259 g/mol. The van der Waals surface area contributed by atoms with E-state index in [0.717, 1.165) is 12.3 Å². The first kappa shape index (κ1) is 12.3. The van der Waals surface area contributed by atoms with E-state index in [1.807, 2.05) is 0 Å². The predicted molar refractivity (Wildman–Crippen MR) is 63.1 cm³/mol. The minimum absolute atomic E-state index is 0.0180.